The Morgan fingerprint density at radius 2 is 1.91 bits per heavy atom. The highest BCUT2D eigenvalue weighted by Gasteiger charge is 2.28. The highest BCUT2D eigenvalue weighted by molar-refractivity contribution is 9.10. The lowest BCUT2D eigenvalue weighted by atomic mass is 10.1. The smallest absolute Gasteiger partial charge is 0.0832 e. The number of hydrogen-bond donors (Lipinski definition) is 2. The molecule has 0 unspecified atom stereocenters. The molecule has 5 heteroatoms. The Morgan fingerprint density at radius 1 is 1.05 bits per heavy atom. The van der Waals surface area contributed by atoms with Crippen LogP contribution in [0.5, 0.6) is 0 Å². The third-order valence-electron chi connectivity index (χ3n) is 4.12. The van der Waals surface area contributed by atoms with Crippen LogP contribution in [0.3, 0.4) is 0 Å². The Morgan fingerprint density at radius 3 is 2.77 bits per heavy atom. The van der Waals surface area contributed by atoms with Crippen LogP contribution in [-0.2, 0) is 0 Å². The molecule has 0 atom stereocenters. The summed E-state index contributed by atoms with van der Waals surface area (Å²) in [5.41, 5.74) is 12.5. The number of nitrogens with one attached hydrogen (secondary N) is 2. The molecule has 0 bridgehead atoms. The van der Waals surface area contributed by atoms with Gasteiger partial charge in [0.05, 0.1) is 23.6 Å². The molecule has 0 fully saturated rings. The quantitative estimate of drug-likeness (QED) is 0.816. The van der Waals surface area contributed by atoms with E-state index < -0.39 is 0 Å². The molecular weight excluding hydrogens is 340 g/mol. The van der Waals surface area contributed by atoms with Crippen LogP contribution in [-0.4, -0.2) is 18.1 Å². The Hall–Kier alpha value is -1.98. The Labute approximate surface area is 138 Å². The molecule has 0 saturated carbocycles. The highest BCUT2D eigenvalue weighted by Crippen LogP contribution is 2.38. The van der Waals surface area contributed by atoms with Crippen molar-refractivity contribution in [3.05, 3.63) is 64.3 Å². The van der Waals surface area contributed by atoms with E-state index in [2.05, 4.69) is 92.3 Å². The molecule has 0 aliphatic carbocycles. The van der Waals surface area contributed by atoms with Crippen LogP contribution in [0.25, 0.3) is 5.70 Å². The van der Waals surface area contributed by atoms with Crippen molar-refractivity contribution in [2.24, 2.45) is 0 Å². The third-order valence-corrected chi connectivity index (χ3v) is 4.61. The van der Waals surface area contributed by atoms with Crippen molar-refractivity contribution >= 4 is 33.0 Å². The molecule has 2 heterocycles. The Bertz CT molecular complexity index is 756. The van der Waals surface area contributed by atoms with Crippen molar-refractivity contribution in [1.29, 1.82) is 0 Å². The zero-order valence-electron chi connectivity index (χ0n) is 12.3. The summed E-state index contributed by atoms with van der Waals surface area (Å²) in [5.74, 6) is 0. The SMILES string of the molecule is CC1=C2c3ccccc3N(c3cccc(Br)c3)CCN2NN1. The lowest BCUT2D eigenvalue weighted by molar-refractivity contribution is 0.294. The van der Waals surface area contributed by atoms with Crippen molar-refractivity contribution in [2.45, 2.75) is 6.92 Å². The maximum atomic E-state index is 3.58. The Kier molecular flexibility index (Phi) is 3.32. The van der Waals surface area contributed by atoms with Gasteiger partial charge in [0.2, 0.25) is 0 Å². The molecule has 0 amide bonds. The van der Waals surface area contributed by atoms with Gasteiger partial charge in [-0.2, -0.15) is 0 Å². The zero-order chi connectivity index (χ0) is 15.1. The van der Waals surface area contributed by atoms with Crippen molar-refractivity contribution in [1.82, 2.24) is 16.0 Å². The van der Waals surface area contributed by atoms with Gasteiger partial charge in [-0.3, -0.25) is 5.01 Å². The standard InChI is InChI=1S/C17H17BrN4/c1-12-17-15-7-2-3-8-16(15)21(9-10-22(17)20-19-12)14-6-4-5-13(18)11-14/h2-8,11,19-20H,9-10H2,1H3. The fourth-order valence-electron chi connectivity index (χ4n) is 3.13. The number of hydrazine groups is 2. The molecule has 2 N–H and O–H groups in total. The fourth-order valence-corrected chi connectivity index (χ4v) is 3.51. The van der Waals surface area contributed by atoms with Crippen LogP contribution < -0.4 is 15.9 Å². The van der Waals surface area contributed by atoms with Gasteiger partial charge in [0.1, 0.15) is 0 Å². The van der Waals surface area contributed by atoms with Crippen LogP contribution in [0.2, 0.25) is 0 Å². The summed E-state index contributed by atoms with van der Waals surface area (Å²) in [6.07, 6.45) is 0. The van der Waals surface area contributed by atoms with E-state index in [1.807, 2.05) is 0 Å². The molecule has 4 rings (SSSR count). The van der Waals surface area contributed by atoms with Gasteiger partial charge in [0, 0.05) is 22.3 Å². The monoisotopic (exact) mass is 356 g/mol. The number of allylic oxidation sites excluding steroid dienone is 1. The number of fused-ring (bicyclic) bond motifs is 3. The van der Waals surface area contributed by atoms with Crippen molar-refractivity contribution in [3.63, 3.8) is 0 Å². The van der Waals surface area contributed by atoms with Crippen LogP contribution in [0.15, 0.2) is 58.7 Å². The van der Waals surface area contributed by atoms with Crippen molar-refractivity contribution in [3.8, 4) is 0 Å². The minimum Gasteiger partial charge on any atom is -0.339 e. The fraction of sp³-hybridized carbons (Fsp3) is 0.176. The van der Waals surface area contributed by atoms with E-state index in [-0.39, 0.29) is 0 Å². The van der Waals surface area contributed by atoms with E-state index in [1.54, 1.807) is 0 Å². The number of para-hydroxylation sites is 1. The number of halogens is 1. The van der Waals surface area contributed by atoms with E-state index >= 15 is 0 Å². The molecular formula is C17H17BrN4. The molecule has 112 valence electrons. The number of benzene rings is 2. The van der Waals surface area contributed by atoms with Gasteiger partial charge in [0.25, 0.3) is 0 Å². The van der Waals surface area contributed by atoms with E-state index in [0.29, 0.717) is 0 Å². The average molecular weight is 357 g/mol. The first kappa shape index (κ1) is 13.7. The average Bonchev–Trinajstić information content (AvgIpc) is 2.80. The molecule has 2 aromatic carbocycles. The van der Waals surface area contributed by atoms with Gasteiger partial charge < -0.3 is 10.3 Å². The van der Waals surface area contributed by atoms with Crippen LogP contribution in [0.4, 0.5) is 11.4 Å². The molecule has 4 nitrogen and oxygen atoms in total. The molecule has 22 heavy (non-hydrogen) atoms. The van der Waals surface area contributed by atoms with Gasteiger partial charge in [-0.1, -0.05) is 40.2 Å². The second kappa shape index (κ2) is 5.34. The highest BCUT2D eigenvalue weighted by atomic mass is 79.9. The lowest BCUT2D eigenvalue weighted by Gasteiger charge is -2.25. The van der Waals surface area contributed by atoms with Crippen molar-refractivity contribution in [2.75, 3.05) is 18.0 Å². The van der Waals surface area contributed by atoms with Gasteiger partial charge in [-0.25, -0.2) is 0 Å². The van der Waals surface area contributed by atoms with Crippen LogP contribution in [0, 0.1) is 0 Å². The maximum absolute atomic E-state index is 3.58. The van der Waals surface area contributed by atoms with Gasteiger partial charge in [-0.15, -0.1) is 5.53 Å². The minimum absolute atomic E-state index is 0.904. The first-order valence-corrected chi connectivity index (χ1v) is 8.16. The van der Waals surface area contributed by atoms with Crippen LogP contribution in [0.1, 0.15) is 12.5 Å². The molecule has 2 aliphatic heterocycles. The topological polar surface area (TPSA) is 30.5 Å². The molecule has 0 aromatic heterocycles. The van der Waals surface area contributed by atoms with E-state index in [0.717, 1.165) is 23.3 Å². The van der Waals surface area contributed by atoms with E-state index in [9.17, 15) is 0 Å². The molecule has 0 radical (unpaired) electrons. The van der Waals surface area contributed by atoms with Gasteiger partial charge >= 0.3 is 0 Å². The van der Waals surface area contributed by atoms with Crippen molar-refractivity contribution < 1.29 is 0 Å². The number of hydrogen-bond acceptors (Lipinski definition) is 4. The first-order valence-electron chi connectivity index (χ1n) is 7.36. The van der Waals surface area contributed by atoms with Crippen LogP contribution >= 0.6 is 15.9 Å². The normalized spacial score (nSPS) is 17.0. The van der Waals surface area contributed by atoms with E-state index in [4.69, 9.17) is 0 Å². The maximum Gasteiger partial charge on any atom is 0.0832 e. The third kappa shape index (κ3) is 2.17. The summed E-state index contributed by atoms with van der Waals surface area (Å²) in [6.45, 7) is 3.92. The summed E-state index contributed by atoms with van der Waals surface area (Å²) in [4.78, 5) is 2.38. The second-order valence-electron chi connectivity index (χ2n) is 5.51. The molecule has 0 spiro atoms. The molecule has 0 saturated heterocycles. The summed E-state index contributed by atoms with van der Waals surface area (Å²) in [7, 11) is 0. The zero-order valence-corrected chi connectivity index (χ0v) is 13.9. The summed E-state index contributed by atoms with van der Waals surface area (Å²) in [5, 5.41) is 2.19. The van der Waals surface area contributed by atoms with E-state index in [1.165, 1.54) is 22.6 Å². The first-order chi connectivity index (χ1) is 10.7. The number of anilines is 2. The predicted octanol–water partition coefficient (Wildman–Crippen LogP) is 3.61. The van der Waals surface area contributed by atoms with Gasteiger partial charge in [0.15, 0.2) is 0 Å². The number of nitrogens with zero attached hydrogens (tertiary/aromatic N) is 2. The van der Waals surface area contributed by atoms with Gasteiger partial charge in [-0.05, 0) is 31.2 Å². The second-order valence-corrected chi connectivity index (χ2v) is 6.43. The predicted molar refractivity (Wildman–Crippen MR) is 93.2 cm³/mol. The Balaban J connectivity index is 1.88. The summed E-state index contributed by atoms with van der Waals surface area (Å²) >= 11 is 3.58. The minimum atomic E-state index is 0.904. The largest absolute Gasteiger partial charge is 0.339 e. The summed E-state index contributed by atoms with van der Waals surface area (Å²) < 4.78 is 1.10. The summed E-state index contributed by atoms with van der Waals surface area (Å²) in [6, 6.07) is 17.0. The lowest BCUT2D eigenvalue weighted by Crippen LogP contribution is -2.40. The molecule has 2 aliphatic rings. The molecule has 2 aromatic rings. The number of rotatable bonds is 1.